The molecule has 0 bridgehead atoms. The number of ether oxygens (including phenoxy) is 1. The van der Waals surface area contributed by atoms with Crippen LogP contribution < -0.4 is 0 Å². The van der Waals surface area contributed by atoms with Gasteiger partial charge in [0, 0.05) is 26.1 Å². The van der Waals surface area contributed by atoms with Crippen LogP contribution in [0.3, 0.4) is 0 Å². The fourth-order valence-corrected chi connectivity index (χ4v) is 3.35. The number of nitrogens with zero attached hydrogens (tertiary/aromatic N) is 2. The molecule has 3 heteroatoms. The summed E-state index contributed by atoms with van der Waals surface area (Å²) >= 11 is 0. The molecule has 3 nitrogen and oxygen atoms in total. The summed E-state index contributed by atoms with van der Waals surface area (Å²) in [6.45, 7) is 12.5. The van der Waals surface area contributed by atoms with Crippen molar-refractivity contribution in [2.45, 2.75) is 97.4 Å². The maximum atomic E-state index is 5.51. The fourth-order valence-electron chi connectivity index (χ4n) is 3.35. The molecule has 0 saturated heterocycles. The van der Waals surface area contributed by atoms with E-state index < -0.39 is 0 Å². The second-order valence-electron chi connectivity index (χ2n) is 7.54. The summed E-state index contributed by atoms with van der Waals surface area (Å²) in [5.74, 6) is 1.32. The molecule has 0 amide bonds. The highest BCUT2D eigenvalue weighted by molar-refractivity contribution is 5.84. The van der Waals surface area contributed by atoms with Crippen molar-refractivity contribution in [2.75, 3.05) is 26.3 Å². The molecule has 0 aromatic rings. The van der Waals surface area contributed by atoms with Gasteiger partial charge < -0.3 is 9.64 Å². The third-order valence-electron chi connectivity index (χ3n) is 4.59. The molecule has 1 heterocycles. The standard InChI is InChI=1S/C20H40N2O/c1-5-7-8-9-10-11-12-13-14-15-19-21-20(3,4)18-22(19)16-17-23-6-2/h5-18H2,1-4H3. The van der Waals surface area contributed by atoms with Crippen LogP contribution in [0.25, 0.3) is 0 Å². The van der Waals surface area contributed by atoms with Crippen molar-refractivity contribution in [1.29, 1.82) is 0 Å². The minimum absolute atomic E-state index is 0.0842. The van der Waals surface area contributed by atoms with Crippen molar-refractivity contribution in [1.82, 2.24) is 4.90 Å². The van der Waals surface area contributed by atoms with Gasteiger partial charge in [-0.2, -0.15) is 0 Å². The Morgan fingerprint density at radius 3 is 2.17 bits per heavy atom. The Balaban J connectivity index is 2.13. The first-order chi connectivity index (χ1) is 11.1. The molecular weight excluding hydrogens is 284 g/mol. The van der Waals surface area contributed by atoms with Gasteiger partial charge in [-0.1, -0.05) is 58.3 Å². The Hall–Kier alpha value is -0.570. The molecule has 0 saturated carbocycles. The van der Waals surface area contributed by atoms with Gasteiger partial charge >= 0.3 is 0 Å². The molecule has 1 aliphatic rings. The number of aliphatic imine (C=N–C) groups is 1. The molecule has 23 heavy (non-hydrogen) atoms. The van der Waals surface area contributed by atoms with Gasteiger partial charge in [0.1, 0.15) is 0 Å². The average molecular weight is 325 g/mol. The van der Waals surface area contributed by atoms with Crippen molar-refractivity contribution < 1.29 is 4.74 Å². The fraction of sp³-hybridized carbons (Fsp3) is 0.950. The molecule has 1 aliphatic heterocycles. The lowest BCUT2D eigenvalue weighted by molar-refractivity contribution is 0.131. The van der Waals surface area contributed by atoms with Gasteiger partial charge in [0.25, 0.3) is 0 Å². The largest absolute Gasteiger partial charge is 0.380 e. The Morgan fingerprint density at radius 1 is 0.957 bits per heavy atom. The smallest absolute Gasteiger partial charge is 0.0998 e. The predicted molar refractivity (Wildman–Crippen MR) is 101 cm³/mol. The summed E-state index contributed by atoms with van der Waals surface area (Å²) in [5.41, 5.74) is 0.0842. The van der Waals surface area contributed by atoms with Crippen LogP contribution in [-0.2, 0) is 4.74 Å². The molecule has 0 aromatic heterocycles. The molecule has 0 aliphatic carbocycles. The normalized spacial score (nSPS) is 16.9. The van der Waals surface area contributed by atoms with Gasteiger partial charge in [-0.3, -0.25) is 4.99 Å². The summed E-state index contributed by atoms with van der Waals surface area (Å²) in [6.07, 6.45) is 13.6. The molecule has 0 spiro atoms. The van der Waals surface area contributed by atoms with E-state index in [1.165, 1.54) is 63.6 Å². The van der Waals surface area contributed by atoms with E-state index in [4.69, 9.17) is 9.73 Å². The van der Waals surface area contributed by atoms with Crippen LogP contribution in [0, 0.1) is 0 Å². The molecule has 0 unspecified atom stereocenters. The zero-order chi connectivity index (χ0) is 17.0. The third-order valence-corrected chi connectivity index (χ3v) is 4.59. The second-order valence-corrected chi connectivity index (χ2v) is 7.54. The van der Waals surface area contributed by atoms with E-state index in [-0.39, 0.29) is 5.54 Å². The Bertz CT molecular complexity index is 326. The Labute approximate surface area is 144 Å². The number of hydrogen-bond donors (Lipinski definition) is 0. The molecular formula is C20H40N2O. The quantitative estimate of drug-likeness (QED) is 0.398. The van der Waals surface area contributed by atoms with Gasteiger partial charge in [-0.05, 0) is 27.2 Å². The van der Waals surface area contributed by atoms with Crippen molar-refractivity contribution >= 4 is 5.84 Å². The number of amidine groups is 1. The van der Waals surface area contributed by atoms with Gasteiger partial charge in [-0.25, -0.2) is 0 Å². The molecule has 0 aromatic carbocycles. The van der Waals surface area contributed by atoms with Gasteiger partial charge in [0.15, 0.2) is 0 Å². The monoisotopic (exact) mass is 324 g/mol. The molecule has 136 valence electrons. The number of hydrogen-bond acceptors (Lipinski definition) is 3. The summed E-state index contributed by atoms with van der Waals surface area (Å²) < 4.78 is 5.51. The van der Waals surface area contributed by atoms with E-state index in [0.29, 0.717) is 0 Å². The highest BCUT2D eigenvalue weighted by atomic mass is 16.5. The van der Waals surface area contributed by atoms with E-state index in [0.717, 1.165) is 32.7 Å². The molecule has 1 rings (SSSR count). The van der Waals surface area contributed by atoms with Gasteiger partial charge in [0.05, 0.1) is 18.0 Å². The third kappa shape index (κ3) is 9.34. The highest BCUT2D eigenvalue weighted by Gasteiger charge is 2.30. The highest BCUT2D eigenvalue weighted by Crippen LogP contribution is 2.22. The zero-order valence-electron chi connectivity index (χ0n) is 16.2. The van der Waals surface area contributed by atoms with Crippen LogP contribution in [0.15, 0.2) is 4.99 Å². The minimum atomic E-state index is 0.0842. The van der Waals surface area contributed by atoms with E-state index >= 15 is 0 Å². The lowest BCUT2D eigenvalue weighted by Gasteiger charge is -2.22. The SMILES string of the molecule is CCCCCCCCCCCC1=NC(C)(C)CN1CCOCC. The number of unbranched alkanes of at least 4 members (excludes halogenated alkanes) is 8. The topological polar surface area (TPSA) is 24.8 Å². The average Bonchev–Trinajstić information content (AvgIpc) is 2.80. The van der Waals surface area contributed by atoms with Crippen LogP contribution in [0.4, 0.5) is 0 Å². The van der Waals surface area contributed by atoms with E-state index in [2.05, 4.69) is 32.6 Å². The van der Waals surface area contributed by atoms with Crippen molar-refractivity contribution in [3.8, 4) is 0 Å². The zero-order valence-corrected chi connectivity index (χ0v) is 16.2. The van der Waals surface area contributed by atoms with Crippen molar-refractivity contribution in [3.63, 3.8) is 0 Å². The Kier molecular flexibility index (Phi) is 10.6. The van der Waals surface area contributed by atoms with Crippen molar-refractivity contribution in [2.24, 2.45) is 4.99 Å². The van der Waals surface area contributed by atoms with Crippen LogP contribution >= 0.6 is 0 Å². The van der Waals surface area contributed by atoms with Gasteiger partial charge in [0.2, 0.25) is 0 Å². The first kappa shape index (κ1) is 20.5. The first-order valence-electron chi connectivity index (χ1n) is 10.0. The summed E-state index contributed by atoms with van der Waals surface area (Å²) in [5, 5.41) is 0. The minimum Gasteiger partial charge on any atom is -0.380 e. The summed E-state index contributed by atoms with van der Waals surface area (Å²) in [7, 11) is 0. The Morgan fingerprint density at radius 2 is 1.57 bits per heavy atom. The summed E-state index contributed by atoms with van der Waals surface area (Å²) in [4.78, 5) is 7.38. The molecule has 0 radical (unpaired) electrons. The first-order valence-corrected chi connectivity index (χ1v) is 10.0. The summed E-state index contributed by atoms with van der Waals surface area (Å²) in [6, 6.07) is 0. The van der Waals surface area contributed by atoms with E-state index in [9.17, 15) is 0 Å². The molecule has 0 N–H and O–H groups in total. The van der Waals surface area contributed by atoms with Crippen molar-refractivity contribution in [3.05, 3.63) is 0 Å². The van der Waals surface area contributed by atoms with E-state index in [1.54, 1.807) is 0 Å². The van der Waals surface area contributed by atoms with Crippen LogP contribution in [0.2, 0.25) is 0 Å². The maximum Gasteiger partial charge on any atom is 0.0998 e. The predicted octanol–water partition coefficient (Wildman–Crippen LogP) is 5.44. The maximum absolute atomic E-state index is 5.51. The van der Waals surface area contributed by atoms with E-state index in [1.807, 2.05) is 0 Å². The molecule has 0 atom stereocenters. The van der Waals surface area contributed by atoms with Gasteiger partial charge in [-0.15, -0.1) is 0 Å². The van der Waals surface area contributed by atoms with Crippen LogP contribution in [0.5, 0.6) is 0 Å². The second kappa shape index (κ2) is 11.9. The molecule has 0 fully saturated rings. The number of rotatable bonds is 14. The van der Waals surface area contributed by atoms with Crippen LogP contribution in [0.1, 0.15) is 91.9 Å². The lowest BCUT2D eigenvalue weighted by atomic mass is 10.1. The lowest BCUT2D eigenvalue weighted by Crippen LogP contribution is -2.35. The van der Waals surface area contributed by atoms with Crippen LogP contribution in [-0.4, -0.2) is 42.6 Å².